The third-order valence-corrected chi connectivity index (χ3v) is 4.66. The third kappa shape index (κ3) is 3.58. The van der Waals surface area contributed by atoms with Gasteiger partial charge in [0.25, 0.3) is 0 Å². The highest BCUT2D eigenvalue weighted by atomic mass is 19.1. The molecule has 1 aliphatic carbocycles. The minimum absolute atomic E-state index is 0.00940. The number of carbonyl (C=O) groups is 1. The highest BCUT2D eigenvalue weighted by Gasteiger charge is 2.28. The number of halogens is 1. The average molecular weight is 372 g/mol. The van der Waals surface area contributed by atoms with Crippen LogP contribution in [0.1, 0.15) is 22.6 Å². The van der Waals surface area contributed by atoms with Gasteiger partial charge in [0.1, 0.15) is 6.61 Å². The molecule has 28 heavy (non-hydrogen) atoms. The second-order valence-corrected chi connectivity index (χ2v) is 6.34. The Morgan fingerprint density at radius 2 is 1.75 bits per heavy atom. The minimum Gasteiger partial charge on any atom is -0.449 e. The van der Waals surface area contributed by atoms with Gasteiger partial charge < -0.3 is 10.1 Å². The van der Waals surface area contributed by atoms with Gasteiger partial charge >= 0.3 is 6.09 Å². The number of aromatic nitrogens is 1. The second-order valence-electron chi connectivity index (χ2n) is 6.34. The maximum absolute atomic E-state index is 13.4. The number of fused-ring (bicyclic) bond motifs is 3. The Hall–Kier alpha value is -3.65. The molecule has 4 nitrogen and oxygen atoms in total. The van der Waals surface area contributed by atoms with Crippen molar-refractivity contribution in [2.24, 2.45) is 0 Å². The summed E-state index contributed by atoms with van der Waals surface area (Å²) in [6, 6.07) is 17.8. The van der Waals surface area contributed by atoms with Crippen LogP contribution in [0.3, 0.4) is 0 Å². The van der Waals surface area contributed by atoms with Crippen molar-refractivity contribution in [2.45, 2.75) is 5.92 Å². The van der Waals surface area contributed by atoms with Crippen LogP contribution in [0.25, 0.3) is 11.1 Å². The van der Waals surface area contributed by atoms with Crippen LogP contribution in [-0.4, -0.2) is 24.2 Å². The van der Waals surface area contributed by atoms with Gasteiger partial charge in [-0.1, -0.05) is 60.4 Å². The zero-order chi connectivity index (χ0) is 19.3. The standard InChI is InChI=1S/C23H17FN2O2/c24-22-14-25-13-11-16(22)6-5-12-26-23(27)28-15-21-19-9-3-1-7-17(19)18-8-2-4-10-20(18)21/h1-4,7-11,13-14,21H,12,15H2,(H,26,27). The van der Waals surface area contributed by atoms with E-state index < -0.39 is 11.9 Å². The third-order valence-electron chi connectivity index (χ3n) is 4.66. The van der Waals surface area contributed by atoms with Crippen LogP contribution in [0, 0.1) is 17.7 Å². The Morgan fingerprint density at radius 3 is 2.43 bits per heavy atom. The summed E-state index contributed by atoms with van der Waals surface area (Å²) in [6.45, 7) is 0.310. The number of hydrogen-bond donors (Lipinski definition) is 1. The number of nitrogens with zero attached hydrogens (tertiary/aromatic N) is 1. The number of ether oxygens (including phenoxy) is 1. The number of carbonyl (C=O) groups excluding carboxylic acids is 1. The van der Waals surface area contributed by atoms with Crippen LogP contribution in [0.15, 0.2) is 67.0 Å². The predicted molar refractivity (Wildman–Crippen MR) is 104 cm³/mol. The first kappa shape index (κ1) is 17.7. The predicted octanol–water partition coefficient (Wildman–Crippen LogP) is 4.11. The molecule has 0 unspecified atom stereocenters. The molecule has 4 rings (SSSR count). The summed E-state index contributed by atoms with van der Waals surface area (Å²) in [6.07, 6.45) is 2.01. The van der Waals surface area contributed by atoms with Gasteiger partial charge in [0, 0.05) is 12.1 Å². The molecule has 0 atom stereocenters. The van der Waals surface area contributed by atoms with Crippen LogP contribution >= 0.6 is 0 Å². The number of alkyl carbamates (subject to hydrolysis) is 1. The van der Waals surface area contributed by atoms with Crippen LogP contribution in [0.5, 0.6) is 0 Å². The van der Waals surface area contributed by atoms with E-state index >= 15 is 0 Å². The van der Waals surface area contributed by atoms with Gasteiger partial charge in [-0.15, -0.1) is 0 Å². The van der Waals surface area contributed by atoms with E-state index in [4.69, 9.17) is 4.74 Å². The fraction of sp³-hybridized carbons (Fsp3) is 0.130. The van der Waals surface area contributed by atoms with Gasteiger partial charge in [0.15, 0.2) is 5.82 Å². The van der Waals surface area contributed by atoms with E-state index in [1.165, 1.54) is 23.4 Å². The summed E-state index contributed by atoms with van der Waals surface area (Å²) in [5, 5.41) is 2.57. The van der Waals surface area contributed by atoms with Crippen LogP contribution in [0.2, 0.25) is 0 Å². The Balaban J connectivity index is 1.36. The van der Waals surface area contributed by atoms with E-state index in [0.717, 1.165) is 17.3 Å². The molecule has 1 N–H and O–H groups in total. The molecule has 5 heteroatoms. The lowest BCUT2D eigenvalue weighted by molar-refractivity contribution is 0.144. The molecule has 0 aliphatic heterocycles. The lowest BCUT2D eigenvalue weighted by Crippen LogP contribution is -2.26. The number of nitrogens with one attached hydrogen (secondary N) is 1. The van der Waals surface area contributed by atoms with Crippen molar-refractivity contribution in [2.75, 3.05) is 13.2 Å². The van der Waals surface area contributed by atoms with E-state index in [1.807, 2.05) is 24.3 Å². The first-order valence-electron chi connectivity index (χ1n) is 8.91. The molecule has 0 saturated heterocycles. The van der Waals surface area contributed by atoms with Crippen molar-refractivity contribution in [1.82, 2.24) is 10.3 Å². The van der Waals surface area contributed by atoms with Gasteiger partial charge in [0.05, 0.1) is 18.3 Å². The molecule has 0 fully saturated rings. The number of pyridine rings is 1. The lowest BCUT2D eigenvalue weighted by atomic mass is 9.98. The summed E-state index contributed by atoms with van der Waals surface area (Å²) in [5.41, 5.74) is 4.91. The molecule has 1 heterocycles. The van der Waals surface area contributed by atoms with Gasteiger partial charge in [-0.25, -0.2) is 9.18 Å². The van der Waals surface area contributed by atoms with E-state index in [0.29, 0.717) is 0 Å². The largest absolute Gasteiger partial charge is 0.449 e. The molecular weight excluding hydrogens is 355 g/mol. The first-order valence-corrected chi connectivity index (χ1v) is 8.91. The molecule has 0 spiro atoms. The smallest absolute Gasteiger partial charge is 0.407 e. The second kappa shape index (κ2) is 7.93. The highest BCUT2D eigenvalue weighted by Crippen LogP contribution is 2.44. The van der Waals surface area contributed by atoms with E-state index in [1.54, 1.807) is 0 Å². The van der Waals surface area contributed by atoms with Crippen molar-refractivity contribution in [1.29, 1.82) is 0 Å². The summed E-state index contributed by atoms with van der Waals surface area (Å²) < 4.78 is 18.8. The summed E-state index contributed by atoms with van der Waals surface area (Å²) >= 11 is 0. The number of hydrogen-bond acceptors (Lipinski definition) is 3. The summed E-state index contributed by atoms with van der Waals surface area (Å²) in [4.78, 5) is 15.7. The Morgan fingerprint density at radius 1 is 1.07 bits per heavy atom. The minimum atomic E-state index is -0.550. The maximum atomic E-state index is 13.4. The summed E-state index contributed by atoms with van der Waals surface area (Å²) in [5.74, 6) is 4.88. The molecule has 2 aromatic carbocycles. The zero-order valence-corrected chi connectivity index (χ0v) is 15.0. The molecular formula is C23H17FN2O2. The fourth-order valence-corrected chi connectivity index (χ4v) is 3.38. The topological polar surface area (TPSA) is 51.2 Å². The van der Waals surface area contributed by atoms with Gasteiger partial charge in [-0.3, -0.25) is 4.98 Å². The fourth-order valence-electron chi connectivity index (χ4n) is 3.38. The van der Waals surface area contributed by atoms with E-state index in [-0.39, 0.29) is 24.6 Å². The van der Waals surface area contributed by atoms with E-state index in [9.17, 15) is 9.18 Å². The highest BCUT2D eigenvalue weighted by molar-refractivity contribution is 5.79. The first-order chi connectivity index (χ1) is 13.7. The van der Waals surface area contributed by atoms with Gasteiger partial charge in [0.2, 0.25) is 0 Å². The SMILES string of the molecule is O=C(NCC#Cc1ccncc1F)OCC1c2ccccc2-c2ccccc21. The molecule has 1 aliphatic rings. The normalized spacial score (nSPS) is 11.8. The number of amides is 1. The lowest BCUT2D eigenvalue weighted by Gasteiger charge is -2.14. The van der Waals surface area contributed by atoms with Crippen molar-refractivity contribution in [3.8, 4) is 23.0 Å². The average Bonchev–Trinajstić information content (AvgIpc) is 3.05. The van der Waals surface area contributed by atoms with Crippen molar-refractivity contribution in [3.05, 3.63) is 89.5 Å². The maximum Gasteiger partial charge on any atom is 0.407 e. The quantitative estimate of drug-likeness (QED) is 0.704. The van der Waals surface area contributed by atoms with Crippen molar-refractivity contribution >= 4 is 6.09 Å². The molecule has 0 bridgehead atoms. The molecule has 1 aromatic heterocycles. The van der Waals surface area contributed by atoms with E-state index in [2.05, 4.69) is 46.4 Å². The van der Waals surface area contributed by atoms with Crippen LogP contribution in [0.4, 0.5) is 9.18 Å². The Labute approximate surface area is 162 Å². The molecule has 3 aromatic rings. The zero-order valence-electron chi connectivity index (χ0n) is 15.0. The molecule has 0 radical (unpaired) electrons. The van der Waals surface area contributed by atoms with Crippen LogP contribution in [-0.2, 0) is 4.74 Å². The number of benzene rings is 2. The van der Waals surface area contributed by atoms with Crippen molar-refractivity contribution < 1.29 is 13.9 Å². The molecule has 1 amide bonds. The van der Waals surface area contributed by atoms with Gasteiger partial charge in [-0.05, 0) is 28.3 Å². The molecule has 0 saturated carbocycles. The summed E-state index contributed by atoms with van der Waals surface area (Å²) in [7, 11) is 0. The Bertz CT molecular complexity index is 1040. The molecule has 138 valence electrons. The monoisotopic (exact) mass is 372 g/mol. The number of rotatable bonds is 3. The van der Waals surface area contributed by atoms with Gasteiger partial charge in [-0.2, -0.15) is 0 Å². The Kier molecular flexibility index (Phi) is 5.03. The van der Waals surface area contributed by atoms with Crippen LogP contribution < -0.4 is 5.32 Å². The van der Waals surface area contributed by atoms with Crippen molar-refractivity contribution in [3.63, 3.8) is 0 Å².